The van der Waals surface area contributed by atoms with Crippen LogP contribution in [-0.4, -0.2) is 49.2 Å². The number of hydrogen-bond acceptors (Lipinski definition) is 3. The molecule has 0 saturated heterocycles. The van der Waals surface area contributed by atoms with Crippen LogP contribution in [0.3, 0.4) is 0 Å². The van der Waals surface area contributed by atoms with Crippen molar-refractivity contribution in [3.05, 3.63) is 35.4 Å². The molecule has 20 heavy (non-hydrogen) atoms. The maximum atomic E-state index is 11.6. The molecule has 1 aromatic carbocycles. The highest BCUT2D eigenvalue weighted by atomic mass is 16.4. The number of carboxylic acids is 1. The standard InChI is InChI=1S/C14H21N3O3/c1-17(2)8-7-15-14(20)16-10-12-6-4-3-5-11(12)9-13(18)19/h3-6H,7-10H2,1-2H3,(H,18,19)(H2,15,16,20). The summed E-state index contributed by atoms with van der Waals surface area (Å²) in [5.41, 5.74) is 1.53. The van der Waals surface area contributed by atoms with Gasteiger partial charge >= 0.3 is 12.0 Å². The number of rotatable bonds is 7. The number of benzene rings is 1. The highest BCUT2D eigenvalue weighted by molar-refractivity contribution is 5.74. The lowest BCUT2D eigenvalue weighted by molar-refractivity contribution is -0.136. The molecule has 0 aliphatic rings. The molecule has 0 spiro atoms. The van der Waals surface area contributed by atoms with E-state index < -0.39 is 5.97 Å². The number of nitrogens with one attached hydrogen (secondary N) is 2. The fourth-order valence-corrected chi connectivity index (χ4v) is 1.70. The van der Waals surface area contributed by atoms with Gasteiger partial charge in [0.2, 0.25) is 0 Å². The van der Waals surface area contributed by atoms with Crippen molar-refractivity contribution < 1.29 is 14.7 Å². The Bertz CT molecular complexity index is 461. The van der Waals surface area contributed by atoms with Gasteiger partial charge in [0, 0.05) is 19.6 Å². The summed E-state index contributed by atoms with van der Waals surface area (Å²) in [6.45, 7) is 1.65. The van der Waals surface area contributed by atoms with E-state index >= 15 is 0 Å². The molecule has 0 atom stereocenters. The van der Waals surface area contributed by atoms with Gasteiger partial charge in [-0.05, 0) is 25.2 Å². The minimum atomic E-state index is -0.882. The van der Waals surface area contributed by atoms with Crippen LogP contribution in [0.25, 0.3) is 0 Å². The normalized spacial score (nSPS) is 10.3. The second-order valence-corrected chi connectivity index (χ2v) is 4.75. The van der Waals surface area contributed by atoms with E-state index in [0.29, 0.717) is 18.7 Å². The molecule has 0 fully saturated rings. The summed E-state index contributed by atoms with van der Waals surface area (Å²) in [5, 5.41) is 14.3. The molecule has 6 heteroatoms. The number of carboxylic acid groups (broad SMARTS) is 1. The SMILES string of the molecule is CN(C)CCNC(=O)NCc1ccccc1CC(=O)O. The molecule has 2 amide bonds. The molecule has 1 aromatic rings. The Hall–Kier alpha value is -2.08. The molecule has 0 saturated carbocycles. The zero-order valence-corrected chi connectivity index (χ0v) is 11.8. The Morgan fingerprint density at radius 1 is 1.15 bits per heavy atom. The highest BCUT2D eigenvalue weighted by Crippen LogP contribution is 2.09. The number of aliphatic carboxylic acids is 1. The van der Waals surface area contributed by atoms with Crippen molar-refractivity contribution in [3.8, 4) is 0 Å². The summed E-state index contributed by atoms with van der Waals surface area (Å²) < 4.78 is 0. The average molecular weight is 279 g/mol. The third-order valence-corrected chi connectivity index (χ3v) is 2.74. The van der Waals surface area contributed by atoms with Gasteiger partial charge < -0.3 is 20.6 Å². The Balaban J connectivity index is 2.44. The Kier molecular flexibility index (Phi) is 6.52. The molecule has 0 aromatic heterocycles. The topological polar surface area (TPSA) is 81.7 Å². The Labute approximate surface area is 118 Å². The smallest absolute Gasteiger partial charge is 0.315 e. The van der Waals surface area contributed by atoms with Crippen molar-refractivity contribution in [1.82, 2.24) is 15.5 Å². The van der Waals surface area contributed by atoms with E-state index in [4.69, 9.17) is 5.11 Å². The first-order valence-electron chi connectivity index (χ1n) is 6.44. The lowest BCUT2D eigenvalue weighted by Gasteiger charge is -2.12. The number of nitrogens with zero attached hydrogens (tertiary/aromatic N) is 1. The van der Waals surface area contributed by atoms with Crippen molar-refractivity contribution in [2.75, 3.05) is 27.2 Å². The van der Waals surface area contributed by atoms with Gasteiger partial charge in [0.15, 0.2) is 0 Å². The summed E-state index contributed by atoms with van der Waals surface area (Å²) in [7, 11) is 3.86. The van der Waals surface area contributed by atoms with Crippen molar-refractivity contribution >= 4 is 12.0 Å². The van der Waals surface area contributed by atoms with Gasteiger partial charge in [-0.2, -0.15) is 0 Å². The Morgan fingerprint density at radius 3 is 2.40 bits per heavy atom. The van der Waals surface area contributed by atoms with Gasteiger partial charge in [-0.25, -0.2) is 4.79 Å². The number of amides is 2. The van der Waals surface area contributed by atoms with Crippen LogP contribution >= 0.6 is 0 Å². The van der Waals surface area contributed by atoms with Crippen LogP contribution in [0, 0.1) is 0 Å². The second-order valence-electron chi connectivity index (χ2n) is 4.75. The number of hydrogen-bond donors (Lipinski definition) is 3. The van der Waals surface area contributed by atoms with Crippen LogP contribution in [0.1, 0.15) is 11.1 Å². The summed E-state index contributed by atoms with van der Waals surface area (Å²) in [6, 6.07) is 6.94. The molecule has 0 unspecified atom stereocenters. The van der Waals surface area contributed by atoms with E-state index in [-0.39, 0.29) is 12.5 Å². The molecule has 0 radical (unpaired) electrons. The van der Waals surface area contributed by atoms with E-state index in [1.807, 2.05) is 31.1 Å². The molecule has 1 rings (SSSR count). The third kappa shape index (κ3) is 6.19. The van der Waals surface area contributed by atoms with Gasteiger partial charge in [0.05, 0.1) is 6.42 Å². The molecule has 0 bridgehead atoms. The van der Waals surface area contributed by atoms with Gasteiger partial charge in [-0.3, -0.25) is 4.79 Å². The Morgan fingerprint density at radius 2 is 1.80 bits per heavy atom. The quantitative estimate of drug-likeness (QED) is 0.685. The van der Waals surface area contributed by atoms with Gasteiger partial charge in [-0.15, -0.1) is 0 Å². The van der Waals surface area contributed by atoms with Crippen LogP contribution in [0.4, 0.5) is 4.79 Å². The van der Waals surface area contributed by atoms with Crippen LogP contribution in [0.5, 0.6) is 0 Å². The fraction of sp³-hybridized carbons (Fsp3) is 0.429. The summed E-state index contributed by atoms with van der Waals surface area (Å²) in [4.78, 5) is 24.3. The predicted octanol–water partition coefficient (Wildman–Crippen LogP) is 0.675. The maximum Gasteiger partial charge on any atom is 0.315 e. The minimum Gasteiger partial charge on any atom is -0.481 e. The van der Waals surface area contributed by atoms with E-state index in [0.717, 1.165) is 12.1 Å². The van der Waals surface area contributed by atoms with Crippen molar-refractivity contribution in [2.24, 2.45) is 0 Å². The van der Waals surface area contributed by atoms with Crippen LogP contribution in [0.15, 0.2) is 24.3 Å². The van der Waals surface area contributed by atoms with Crippen molar-refractivity contribution in [3.63, 3.8) is 0 Å². The number of likely N-dealkylation sites (N-methyl/N-ethyl adjacent to an activating group) is 1. The average Bonchev–Trinajstić information content (AvgIpc) is 2.36. The van der Waals surface area contributed by atoms with Gasteiger partial charge in [-0.1, -0.05) is 24.3 Å². The molecule has 6 nitrogen and oxygen atoms in total. The molecule has 110 valence electrons. The lowest BCUT2D eigenvalue weighted by Crippen LogP contribution is -2.38. The lowest BCUT2D eigenvalue weighted by atomic mass is 10.0. The maximum absolute atomic E-state index is 11.6. The first-order chi connectivity index (χ1) is 9.49. The van der Waals surface area contributed by atoms with Crippen molar-refractivity contribution in [2.45, 2.75) is 13.0 Å². The van der Waals surface area contributed by atoms with Gasteiger partial charge in [0.25, 0.3) is 0 Å². The van der Waals surface area contributed by atoms with Crippen molar-refractivity contribution in [1.29, 1.82) is 0 Å². The van der Waals surface area contributed by atoms with Crippen LogP contribution in [-0.2, 0) is 17.8 Å². The first-order valence-corrected chi connectivity index (χ1v) is 6.44. The molecule has 3 N–H and O–H groups in total. The van der Waals surface area contributed by atoms with E-state index in [1.54, 1.807) is 12.1 Å². The molecular weight excluding hydrogens is 258 g/mol. The minimum absolute atomic E-state index is 0.0416. The summed E-state index contributed by atoms with van der Waals surface area (Å²) in [5.74, 6) is -0.882. The largest absolute Gasteiger partial charge is 0.481 e. The summed E-state index contributed by atoms with van der Waals surface area (Å²) >= 11 is 0. The predicted molar refractivity (Wildman–Crippen MR) is 76.6 cm³/mol. The second kappa shape index (κ2) is 8.16. The van der Waals surface area contributed by atoms with Crippen LogP contribution in [0.2, 0.25) is 0 Å². The van der Waals surface area contributed by atoms with E-state index in [1.165, 1.54) is 0 Å². The molecular formula is C14H21N3O3. The summed E-state index contributed by atoms with van der Waals surface area (Å²) in [6.07, 6.45) is -0.0416. The fourth-order valence-electron chi connectivity index (χ4n) is 1.70. The molecule has 0 aliphatic heterocycles. The molecule has 0 heterocycles. The monoisotopic (exact) mass is 279 g/mol. The number of carbonyl (C=O) groups excluding carboxylic acids is 1. The zero-order valence-electron chi connectivity index (χ0n) is 11.8. The third-order valence-electron chi connectivity index (χ3n) is 2.74. The zero-order chi connectivity index (χ0) is 15.0. The number of carbonyl (C=O) groups is 2. The first kappa shape index (κ1) is 16.0. The van der Waals surface area contributed by atoms with Gasteiger partial charge in [0.1, 0.15) is 0 Å². The molecule has 0 aliphatic carbocycles. The number of urea groups is 1. The van der Waals surface area contributed by atoms with Crippen LogP contribution < -0.4 is 10.6 Å². The van der Waals surface area contributed by atoms with E-state index in [2.05, 4.69) is 10.6 Å². The van der Waals surface area contributed by atoms with E-state index in [9.17, 15) is 9.59 Å². The highest BCUT2D eigenvalue weighted by Gasteiger charge is 2.07.